The Morgan fingerprint density at radius 1 is 1.16 bits per heavy atom. The number of carbonyl (C=O) groups is 3. The van der Waals surface area contributed by atoms with Crippen molar-refractivity contribution in [3.8, 4) is 0 Å². The lowest BCUT2D eigenvalue weighted by Gasteiger charge is -2.30. The minimum absolute atomic E-state index is 0.00544. The van der Waals surface area contributed by atoms with Gasteiger partial charge in [-0.15, -0.1) is 0 Å². The van der Waals surface area contributed by atoms with Gasteiger partial charge in [0.1, 0.15) is 11.6 Å². The Labute approximate surface area is 181 Å². The zero-order valence-corrected chi connectivity index (χ0v) is 17.9. The van der Waals surface area contributed by atoms with E-state index in [9.17, 15) is 14.4 Å². The molecule has 8 heteroatoms. The van der Waals surface area contributed by atoms with E-state index in [-0.39, 0.29) is 30.2 Å². The third-order valence-electron chi connectivity index (χ3n) is 5.93. The van der Waals surface area contributed by atoms with Gasteiger partial charge in [0.15, 0.2) is 0 Å². The van der Waals surface area contributed by atoms with Crippen molar-refractivity contribution in [2.24, 2.45) is 0 Å². The maximum Gasteiger partial charge on any atom is 0.241 e. The second kappa shape index (κ2) is 8.83. The number of aryl methyl sites for hydroxylation is 1. The number of benzene rings is 1. The van der Waals surface area contributed by atoms with E-state index in [1.54, 1.807) is 9.80 Å². The molecular formula is C23H27N5O3. The Morgan fingerprint density at radius 2 is 1.94 bits per heavy atom. The summed E-state index contributed by atoms with van der Waals surface area (Å²) in [7, 11) is 0. The number of anilines is 1. The van der Waals surface area contributed by atoms with Gasteiger partial charge in [0.05, 0.1) is 13.1 Å². The summed E-state index contributed by atoms with van der Waals surface area (Å²) in [6, 6.07) is 9.90. The summed E-state index contributed by atoms with van der Waals surface area (Å²) in [6.45, 7) is 4.97. The molecule has 2 aromatic rings. The number of hydrogen-bond donors (Lipinski definition) is 1. The molecule has 0 spiro atoms. The van der Waals surface area contributed by atoms with Gasteiger partial charge in [-0.25, -0.2) is 9.97 Å². The van der Waals surface area contributed by atoms with Crippen molar-refractivity contribution in [2.75, 3.05) is 24.5 Å². The molecule has 1 saturated heterocycles. The standard InChI is InChI=1S/C23H27N5O3/c1-15-19-8-9-20(30)28(13-17-6-4-3-5-7-17)23(19)26-22(25-15)18-10-11-27(14-18)21(31)12-24-16(2)29/h3-7,18H,8-14H2,1-2H3,(H,24,29)/t18-/m1/s1. The van der Waals surface area contributed by atoms with Crippen LogP contribution in [-0.2, 0) is 27.3 Å². The maximum absolute atomic E-state index is 12.8. The zero-order chi connectivity index (χ0) is 22.0. The van der Waals surface area contributed by atoms with Crippen LogP contribution < -0.4 is 10.2 Å². The molecule has 1 atom stereocenters. The molecule has 0 aliphatic carbocycles. The molecule has 1 aromatic carbocycles. The lowest BCUT2D eigenvalue weighted by atomic mass is 10.0. The van der Waals surface area contributed by atoms with Crippen molar-refractivity contribution in [3.63, 3.8) is 0 Å². The highest BCUT2D eigenvalue weighted by Gasteiger charge is 2.33. The Hall–Kier alpha value is -3.29. The summed E-state index contributed by atoms with van der Waals surface area (Å²) in [6.07, 6.45) is 1.87. The molecule has 8 nitrogen and oxygen atoms in total. The van der Waals surface area contributed by atoms with Gasteiger partial charge in [0.2, 0.25) is 17.7 Å². The van der Waals surface area contributed by atoms with Gasteiger partial charge in [0.25, 0.3) is 0 Å². The van der Waals surface area contributed by atoms with E-state index < -0.39 is 0 Å². The molecule has 0 unspecified atom stereocenters. The highest BCUT2D eigenvalue weighted by molar-refractivity contribution is 5.95. The van der Waals surface area contributed by atoms with E-state index in [0.717, 1.165) is 23.2 Å². The van der Waals surface area contributed by atoms with E-state index in [2.05, 4.69) is 5.32 Å². The number of rotatable bonds is 5. The van der Waals surface area contributed by atoms with Gasteiger partial charge in [0, 0.05) is 43.6 Å². The van der Waals surface area contributed by atoms with Gasteiger partial charge in [-0.1, -0.05) is 30.3 Å². The lowest BCUT2D eigenvalue weighted by molar-refractivity contribution is -0.131. The smallest absolute Gasteiger partial charge is 0.241 e. The average Bonchev–Trinajstić information content (AvgIpc) is 3.25. The van der Waals surface area contributed by atoms with Crippen LogP contribution >= 0.6 is 0 Å². The van der Waals surface area contributed by atoms with Crippen molar-refractivity contribution in [1.82, 2.24) is 20.2 Å². The first kappa shape index (κ1) is 21.0. The third kappa shape index (κ3) is 4.57. The van der Waals surface area contributed by atoms with E-state index in [4.69, 9.17) is 9.97 Å². The highest BCUT2D eigenvalue weighted by Crippen LogP contribution is 2.33. The number of hydrogen-bond acceptors (Lipinski definition) is 5. The topological polar surface area (TPSA) is 95.5 Å². The number of likely N-dealkylation sites (tertiary alicyclic amines) is 1. The molecule has 2 aliphatic heterocycles. The minimum atomic E-state index is -0.221. The summed E-state index contributed by atoms with van der Waals surface area (Å²) in [5.41, 5.74) is 2.97. The molecule has 1 fully saturated rings. The van der Waals surface area contributed by atoms with Crippen molar-refractivity contribution < 1.29 is 14.4 Å². The Kier molecular flexibility index (Phi) is 5.97. The molecule has 3 amide bonds. The van der Waals surface area contributed by atoms with Gasteiger partial charge in [-0.05, 0) is 25.3 Å². The number of nitrogens with one attached hydrogen (secondary N) is 1. The Morgan fingerprint density at radius 3 is 2.68 bits per heavy atom. The van der Waals surface area contributed by atoms with Crippen LogP contribution in [0, 0.1) is 6.92 Å². The molecule has 3 heterocycles. The van der Waals surface area contributed by atoms with Gasteiger partial charge >= 0.3 is 0 Å². The maximum atomic E-state index is 12.8. The predicted octanol–water partition coefficient (Wildman–Crippen LogP) is 1.72. The minimum Gasteiger partial charge on any atom is -0.347 e. The van der Waals surface area contributed by atoms with Crippen molar-refractivity contribution in [2.45, 2.75) is 45.6 Å². The molecule has 0 bridgehead atoms. The molecule has 4 rings (SSSR count). The van der Waals surface area contributed by atoms with Crippen LogP contribution in [0.4, 0.5) is 5.82 Å². The van der Waals surface area contributed by atoms with Crippen LogP contribution in [0.1, 0.15) is 48.3 Å². The monoisotopic (exact) mass is 421 g/mol. The summed E-state index contributed by atoms with van der Waals surface area (Å²) < 4.78 is 0. The van der Waals surface area contributed by atoms with Crippen LogP contribution in [0.2, 0.25) is 0 Å². The summed E-state index contributed by atoms with van der Waals surface area (Å²) in [4.78, 5) is 49.3. The number of carbonyl (C=O) groups excluding carboxylic acids is 3. The quantitative estimate of drug-likeness (QED) is 0.793. The molecule has 162 valence electrons. The van der Waals surface area contributed by atoms with E-state index in [1.165, 1.54) is 6.92 Å². The van der Waals surface area contributed by atoms with Crippen LogP contribution in [0.15, 0.2) is 30.3 Å². The second-order valence-corrected chi connectivity index (χ2v) is 8.17. The van der Waals surface area contributed by atoms with Crippen LogP contribution in [0.5, 0.6) is 0 Å². The number of fused-ring (bicyclic) bond motifs is 1. The largest absolute Gasteiger partial charge is 0.347 e. The first-order valence-corrected chi connectivity index (χ1v) is 10.7. The Balaban J connectivity index is 1.56. The van der Waals surface area contributed by atoms with E-state index in [1.807, 2.05) is 37.3 Å². The fourth-order valence-electron chi connectivity index (χ4n) is 4.22. The van der Waals surface area contributed by atoms with Crippen molar-refractivity contribution in [1.29, 1.82) is 0 Å². The molecule has 0 radical (unpaired) electrons. The molecule has 1 N–H and O–H groups in total. The first-order chi connectivity index (χ1) is 14.9. The van der Waals surface area contributed by atoms with Crippen molar-refractivity contribution >= 4 is 23.5 Å². The summed E-state index contributed by atoms with van der Waals surface area (Å²) >= 11 is 0. The summed E-state index contributed by atoms with van der Waals surface area (Å²) in [5, 5.41) is 2.56. The van der Waals surface area contributed by atoms with Gasteiger partial charge < -0.3 is 10.2 Å². The number of aromatic nitrogens is 2. The third-order valence-corrected chi connectivity index (χ3v) is 5.93. The second-order valence-electron chi connectivity index (χ2n) is 8.17. The first-order valence-electron chi connectivity index (χ1n) is 10.7. The van der Waals surface area contributed by atoms with Crippen LogP contribution in [-0.4, -0.2) is 52.2 Å². The molecule has 0 saturated carbocycles. The van der Waals surface area contributed by atoms with Gasteiger partial charge in [-0.3, -0.25) is 19.3 Å². The molecule has 2 aliphatic rings. The van der Waals surface area contributed by atoms with Crippen molar-refractivity contribution in [3.05, 3.63) is 53.0 Å². The average molecular weight is 422 g/mol. The van der Waals surface area contributed by atoms with E-state index in [0.29, 0.717) is 44.1 Å². The summed E-state index contributed by atoms with van der Waals surface area (Å²) in [5.74, 6) is 1.14. The molecule has 1 aromatic heterocycles. The zero-order valence-electron chi connectivity index (χ0n) is 17.9. The normalized spacial score (nSPS) is 18.1. The fourth-order valence-corrected chi connectivity index (χ4v) is 4.22. The molecule has 31 heavy (non-hydrogen) atoms. The van der Waals surface area contributed by atoms with Crippen LogP contribution in [0.25, 0.3) is 0 Å². The molecular weight excluding hydrogens is 394 g/mol. The van der Waals surface area contributed by atoms with Gasteiger partial charge in [-0.2, -0.15) is 0 Å². The lowest BCUT2D eigenvalue weighted by Crippen LogP contribution is -2.38. The fraction of sp³-hybridized carbons (Fsp3) is 0.435. The number of nitrogens with zero attached hydrogens (tertiary/aromatic N) is 4. The SMILES string of the molecule is CC(=O)NCC(=O)N1CC[C@@H](c2nc(C)c3c(n2)N(Cc2ccccc2)C(=O)CC3)C1. The van der Waals surface area contributed by atoms with Crippen LogP contribution in [0.3, 0.4) is 0 Å². The highest BCUT2D eigenvalue weighted by atomic mass is 16.2. The predicted molar refractivity (Wildman–Crippen MR) is 115 cm³/mol. The number of amides is 3. The van der Waals surface area contributed by atoms with E-state index >= 15 is 0 Å². The Bertz CT molecular complexity index is 1010.